The number of hydrogen-bond donors (Lipinski definition) is 2. The molecule has 26 heavy (non-hydrogen) atoms. The average Bonchev–Trinajstić information content (AvgIpc) is 2.68. The Hall–Kier alpha value is -2.80. The Morgan fingerprint density at radius 2 is 1.23 bits per heavy atom. The topological polar surface area (TPSA) is 97.5 Å². The summed E-state index contributed by atoms with van der Waals surface area (Å²) >= 11 is 0. The molecule has 3 N–H and O–H groups in total. The van der Waals surface area contributed by atoms with Gasteiger partial charge >= 0.3 is 0 Å². The van der Waals surface area contributed by atoms with Crippen LogP contribution in [0.2, 0.25) is 0 Å². The van der Waals surface area contributed by atoms with Crippen LogP contribution in [0.1, 0.15) is 21.5 Å². The van der Waals surface area contributed by atoms with E-state index in [4.69, 9.17) is 10.3 Å². The van der Waals surface area contributed by atoms with Crippen molar-refractivity contribution in [3.8, 4) is 0 Å². The molecule has 0 aromatic heterocycles. The predicted octanol–water partition coefficient (Wildman–Crippen LogP) is 3.31. The van der Waals surface area contributed by atoms with Gasteiger partial charge in [0, 0.05) is 17.7 Å². The van der Waals surface area contributed by atoms with Gasteiger partial charge in [-0.3, -0.25) is 9.35 Å². The van der Waals surface area contributed by atoms with Gasteiger partial charge in [-0.15, -0.1) is 0 Å². The number of rotatable bonds is 4. The van der Waals surface area contributed by atoms with E-state index in [0.717, 1.165) is 0 Å². The van der Waals surface area contributed by atoms with E-state index in [9.17, 15) is 13.2 Å². The lowest BCUT2D eigenvalue weighted by Gasteiger charge is -2.02. The summed E-state index contributed by atoms with van der Waals surface area (Å²) in [5.74, 6) is -0.197. The molecule has 0 fully saturated rings. The Balaban J connectivity index is 0.000000254. The van der Waals surface area contributed by atoms with Crippen LogP contribution in [0.4, 0.5) is 0 Å². The second-order valence-electron chi connectivity index (χ2n) is 5.38. The third-order valence-electron chi connectivity index (χ3n) is 3.53. The third kappa shape index (κ3) is 5.63. The molecule has 0 aliphatic heterocycles. The largest absolute Gasteiger partial charge is 0.326 e. The second kappa shape index (κ2) is 9.05. The Kier molecular flexibility index (Phi) is 6.80. The van der Waals surface area contributed by atoms with Crippen molar-refractivity contribution in [1.82, 2.24) is 0 Å². The van der Waals surface area contributed by atoms with E-state index >= 15 is 0 Å². The summed E-state index contributed by atoms with van der Waals surface area (Å²) in [6, 6.07) is 23.8. The van der Waals surface area contributed by atoms with Crippen LogP contribution >= 0.6 is 0 Å². The van der Waals surface area contributed by atoms with Crippen LogP contribution in [0.5, 0.6) is 0 Å². The van der Waals surface area contributed by atoms with Gasteiger partial charge in [0.05, 0.1) is 4.90 Å². The van der Waals surface area contributed by atoms with Gasteiger partial charge in [-0.05, 0) is 29.8 Å². The highest BCUT2D eigenvalue weighted by Gasteiger charge is 2.12. The smallest absolute Gasteiger partial charge is 0.294 e. The molecule has 0 aliphatic rings. The minimum absolute atomic E-state index is 0.197. The maximum atomic E-state index is 12.0. The normalized spacial score (nSPS) is 10.5. The lowest BCUT2D eigenvalue weighted by molar-refractivity contribution is 0.103. The maximum absolute atomic E-state index is 12.0. The molecule has 0 heterocycles. The van der Waals surface area contributed by atoms with Crippen LogP contribution in [-0.2, 0) is 16.7 Å². The van der Waals surface area contributed by atoms with Crippen LogP contribution in [0.15, 0.2) is 89.8 Å². The summed E-state index contributed by atoms with van der Waals surface area (Å²) in [7, 11) is -4.22. The van der Waals surface area contributed by atoms with Gasteiger partial charge in [-0.25, -0.2) is 0 Å². The first-order valence-corrected chi connectivity index (χ1v) is 9.27. The molecule has 0 bridgehead atoms. The number of carbonyl (C=O) groups is 1. The highest BCUT2D eigenvalue weighted by atomic mass is 32.2. The Morgan fingerprint density at radius 1 is 0.769 bits per heavy atom. The standard InChI is InChI=1S/C13H10O4S.C7H9N/c14-13(10-4-2-1-3-5-10)11-6-8-12(9-7-11)18(15,16)17;8-6-7-4-2-1-3-5-7/h1-9H,(H,15,16,17);1-5H,6,8H2. The molecule has 0 spiro atoms. The summed E-state index contributed by atoms with van der Waals surface area (Å²) in [6.07, 6.45) is 0. The quantitative estimate of drug-likeness (QED) is 0.543. The van der Waals surface area contributed by atoms with Crippen molar-refractivity contribution >= 4 is 15.9 Å². The van der Waals surface area contributed by atoms with Gasteiger partial charge in [0.25, 0.3) is 10.1 Å². The van der Waals surface area contributed by atoms with Crippen LogP contribution < -0.4 is 5.73 Å². The molecule has 3 aromatic carbocycles. The average molecular weight is 369 g/mol. The summed E-state index contributed by atoms with van der Waals surface area (Å²) < 4.78 is 30.5. The number of carbonyl (C=O) groups excluding carboxylic acids is 1. The zero-order chi connectivity index (χ0) is 19.0. The molecule has 0 atom stereocenters. The van der Waals surface area contributed by atoms with E-state index in [0.29, 0.717) is 17.7 Å². The molecule has 5 nitrogen and oxygen atoms in total. The fourth-order valence-corrected chi connectivity index (χ4v) is 2.63. The lowest BCUT2D eigenvalue weighted by Crippen LogP contribution is -2.02. The van der Waals surface area contributed by atoms with Crippen molar-refractivity contribution in [2.24, 2.45) is 5.73 Å². The van der Waals surface area contributed by atoms with Gasteiger partial charge in [-0.1, -0.05) is 60.7 Å². The van der Waals surface area contributed by atoms with E-state index in [1.807, 2.05) is 30.3 Å². The van der Waals surface area contributed by atoms with Gasteiger partial charge in [0.15, 0.2) is 5.78 Å². The summed E-state index contributed by atoms with van der Waals surface area (Å²) in [5.41, 5.74) is 7.43. The summed E-state index contributed by atoms with van der Waals surface area (Å²) in [4.78, 5) is 11.8. The first-order valence-electron chi connectivity index (χ1n) is 7.83. The zero-order valence-electron chi connectivity index (χ0n) is 13.9. The summed E-state index contributed by atoms with van der Waals surface area (Å²) in [5, 5.41) is 0. The van der Waals surface area contributed by atoms with Gasteiger partial charge in [0.1, 0.15) is 0 Å². The third-order valence-corrected chi connectivity index (χ3v) is 4.40. The minimum atomic E-state index is -4.22. The van der Waals surface area contributed by atoms with Crippen LogP contribution in [0, 0.1) is 0 Å². The molecule has 0 saturated heterocycles. The highest BCUT2D eigenvalue weighted by Crippen LogP contribution is 2.13. The molecule has 134 valence electrons. The fraction of sp³-hybridized carbons (Fsp3) is 0.0500. The van der Waals surface area contributed by atoms with E-state index in [2.05, 4.69) is 0 Å². The SMILES string of the molecule is NCc1ccccc1.O=C(c1ccccc1)c1ccc(S(=O)(=O)O)cc1. The molecule has 0 aliphatic carbocycles. The monoisotopic (exact) mass is 369 g/mol. The van der Waals surface area contributed by atoms with Crippen molar-refractivity contribution in [2.45, 2.75) is 11.4 Å². The number of benzene rings is 3. The Bertz CT molecular complexity index is 938. The van der Waals surface area contributed by atoms with Crippen LogP contribution in [0.3, 0.4) is 0 Å². The van der Waals surface area contributed by atoms with Crippen molar-refractivity contribution in [3.63, 3.8) is 0 Å². The molecule has 0 unspecified atom stereocenters. The number of hydrogen-bond acceptors (Lipinski definition) is 4. The summed E-state index contributed by atoms with van der Waals surface area (Å²) in [6.45, 7) is 0.640. The number of nitrogens with two attached hydrogens (primary N) is 1. The van der Waals surface area contributed by atoms with Crippen molar-refractivity contribution in [1.29, 1.82) is 0 Å². The van der Waals surface area contributed by atoms with E-state index in [1.165, 1.54) is 29.8 Å². The van der Waals surface area contributed by atoms with Crippen molar-refractivity contribution in [2.75, 3.05) is 0 Å². The van der Waals surface area contributed by atoms with E-state index in [-0.39, 0.29) is 10.7 Å². The molecular weight excluding hydrogens is 350 g/mol. The maximum Gasteiger partial charge on any atom is 0.294 e. The van der Waals surface area contributed by atoms with Crippen molar-refractivity contribution < 1.29 is 17.8 Å². The van der Waals surface area contributed by atoms with Gasteiger partial charge in [0.2, 0.25) is 0 Å². The number of ketones is 1. The lowest BCUT2D eigenvalue weighted by atomic mass is 10.0. The zero-order valence-corrected chi connectivity index (χ0v) is 14.8. The van der Waals surface area contributed by atoms with E-state index < -0.39 is 10.1 Å². The molecule has 6 heteroatoms. The van der Waals surface area contributed by atoms with Crippen LogP contribution in [-0.4, -0.2) is 18.8 Å². The molecule has 0 saturated carbocycles. The molecule has 3 aromatic rings. The fourth-order valence-electron chi connectivity index (χ4n) is 2.15. The highest BCUT2D eigenvalue weighted by molar-refractivity contribution is 7.85. The van der Waals surface area contributed by atoms with Gasteiger partial charge < -0.3 is 5.73 Å². The molecule has 0 amide bonds. The molecular formula is C20H19NO4S. The van der Waals surface area contributed by atoms with E-state index in [1.54, 1.807) is 30.3 Å². The molecule has 3 rings (SSSR count). The first-order chi connectivity index (χ1) is 12.4. The van der Waals surface area contributed by atoms with Crippen molar-refractivity contribution in [3.05, 3.63) is 102 Å². The molecule has 0 radical (unpaired) electrons. The minimum Gasteiger partial charge on any atom is -0.326 e. The second-order valence-corrected chi connectivity index (χ2v) is 6.81. The first kappa shape index (κ1) is 19.5. The predicted molar refractivity (Wildman–Crippen MR) is 100 cm³/mol. The van der Waals surface area contributed by atoms with Crippen LogP contribution in [0.25, 0.3) is 0 Å². The Labute approximate surface area is 152 Å². The Morgan fingerprint density at radius 3 is 1.65 bits per heavy atom. The van der Waals surface area contributed by atoms with Gasteiger partial charge in [-0.2, -0.15) is 8.42 Å².